The number of hydroxylamine groups is 1. The van der Waals surface area contributed by atoms with Crippen LogP contribution in [0.5, 0.6) is 0 Å². The highest BCUT2D eigenvalue weighted by Gasteiger charge is 2.36. The maximum Gasteiger partial charge on any atom is 0.243 e. The average Bonchev–Trinajstić information content (AvgIpc) is 3.76. The Morgan fingerprint density at radius 3 is 2.20 bits per heavy atom. The maximum absolute atomic E-state index is 12.3. The molecule has 10 heteroatoms. The normalized spacial score (nSPS) is 24.1. The summed E-state index contributed by atoms with van der Waals surface area (Å²) in [5, 5.41) is 21.1. The van der Waals surface area contributed by atoms with Crippen molar-refractivity contribution in [2.24, 2.45) is 0 Å². The molecule has 2 aromatic rings. The molecule has 3 fully saturated rings. The Labute approximate surface area is 267 Å². The first kappa shape index (κ1) is 33.5. The highest BCUT2D eigenvalue weighted by Crippen LogP contribution is 2.39. The third kappa shape index (κ3) is 10.1. The topological polar surface area (TPSA) is 124 Å². The number of carbonyl (C=O) groups excluding carboxylic acids is 2. The summed E-state index contributed by atoms with van der Waals surface area (Å²) < 4.78 is 13.2. The summed E-state index contributed by atoms with van der Waals surface area (Å²) in [7, 11) is 0. The molecule has 0 radical (unpaired) electrons. The minimum atomic E-state index is -0.498. The Hall–Kier alpha value is -2.86. The molecule has 246 valence electrons. The Balaban J connectivity index is 1.17. The fourth-order valence-corrected chi connectivity index (χ4v) is 6.79. The Morgan fingerprint density at radius 1 is 0.800 bits per heavy atom. The second-order valence-corrected chi connectivity index (χ2v) is 12.8. The molecular formula is C35H50N4O6. The molecule has 2 aromatic carbocycles. The van der Waals surface area contributed by atoms with Crippen molar-refractivity contribution in [1.29, 1.82) is 0 Å². The van der Waals surface area contributed by atoms with Gasteiger partial charge < -0.3 is 24.8 Å². The van der Waals surface area contributed by atoms with Crippen molar-refractivity contribution < 1.29 is 29.4 Å². The summed E-state index contributed by atoms with van der Waals surface area (Å²) >= 11 is 0. The highest BCUT2D eigenvalue weighted by molar-refractivity contribution is 5.76. The first-order valence-corrected chi connectivity index (χ1v) is 16.8. The van der Waals surface area contributed by atoms with E-state index >= 15 is 0 Å². The number of hydrogen-bond acceptors (Lipinski definition) is 8. The van der Waals surface area contributed by atoms with Gasteiger partial charge in [-0.05, 0) is 74.8 Å². The number of hydrogen-bond donors (Lipinski definition) is 4. The zero-order valence-corrected chi connectivity index (χ0v) is 26.4. The van der Waals surface area contributed by atoms with E-state index in [1.165, 1.54) is 38.8 Å². The van der Waals surface area contributed by atoms with Gasteiger partial charge in [0.2, 0.25) is 11.8 Å². The second kappa shape index (κ2) is 17.2. The SMILES string of the molecule is O=C(CCCCCC(=O)NCc1ccc(C2OC(CN3CCCC3CN3CCCC3)CC(c3ccc(CO)cc3)O2)cc1)NO. The summed E-state index contributed by atoms with van der Waals surface area (Å²) in [4.78, 5) is 28.6. The van der Waals surface area contributed by atoms with Gasteiger partial charge in [0.05, 0.1) is 18.8 Å². The summed E-state index contributed by atoms with van der Waals surface area (Å²) in [6, 6.07) is 16.7. The lowest BCUT2D eigenvalue weighted by atomic mass is 9.99. The number of benzene rings is 2. The third-order valence-corrected chi connectivity index (χ3v) is 9.39. The zero-order valence-electron chi connectivity index (χ0n) is 26.4. The van der Waals surface area contributed by atoms with Crippen LogP contribution in [0.2, 0.25) is 0 Å². The lowest BCUT2D eigenvalue weighted by Gasteiger charge is -2.39. The van der Waals surface area contributed by atoms with E-state index < -0.39 is 12.2 Å². The van der Waals surface area contributed by atoms with Gasteiger partial charge >= 0.3 is 0 Å². The molecule has 0 aromatic heterocycles. The molecular weight excluding hydrogens is 572 g/mol. The van der Waals surface area contributed by atoms with Crippen LogP contribution in [0.25, 0.3) is 0 Å². The predicted octanol–water partition coefficient (Wildman–Crippen LogP) is 4.36. The minimum Gasteiger partial charge on any atom is -0.392 e. The van der Waals surface area contributed by atoms with Crippen molar-refractivity contribution in [2.45, 2.75) is 102 Å². The summed E-state index contributed by atoms with van der Waals surface area (Å²) in [5.41, 5.74) is 5.55. The Morgan fingerprint density at radius 2 is 1.49 bits per heavy atom. The van der Waals surface area contributed by atoms with Crippen molar-refractivity contribution in [1.82, 2.24) is 20.6 Å². The number of nitrogens with one attached hydrogen (secondary N) is 2. The van der Waals surface area contributed by atoms with E-state index in [2.05, 4.69) is 27.2 Å². The van der Waals surface area contributed by atoms with Crippen LogP contribution in [-0.2, 0) is 32.2 Å². The number of carbonyl (C=O) groups is 2. The van der Waals surface area contributed by atoms with Gasteiger partial charge in [-0.25, -0.2) is 5.48 Å². The fourth-order valence-electron chi connectivity index (χ4n) is 6.79. The van der Waals surface area contributed by atoms with Gasteiger partial charge in [0.1, 0.15) is 0 Å². The molecule has 3 heterocycles. The quantitative estimate of drug-likeness (QED) is 0.131. The van der Waals surface area contributed by atoms with E-state index in [-0.39, 0.29) is 31.1 Å². The number of aliphatic hydroxyl groups excluding tert-OH is 1. The van der Waals surface area contributed by atoms with Crippen molar-refractivity contribution in [2.75, 3.05) is 32.7 Å². The van der Waals surface area contributed by atoms with E-state index in [1.54, 1.807) is 5.48 Å². The summed E-state index contributed by atoms with van der Waals surface area (Å²) in [6.07, 6.45) is 8.05. The van der Waals surface area contributed by atoms with Gasteiger partial charge in [0, 0.05) is 50.5 Å². The van der Waals surface area contributed by atoms with Gasteiger partial charge in [0.25, 0.3) is 0 Å². The summed E-state index contributed by atoms with van der Waals surface area (Å²) in [5.74, 6) is -0.421. The molecule has 4 unspecified atom stereocenters. The number of amides is 2. The van der Waals surface area contributed by atoms with Crippen LogP contribution in [0.4, 0.5) is 0 Å². The lowest BCUT2D eigenvalue weighted by molar-refractivity contribution is -0.253. The Kier molecular flexibility index (Phi) is 12.8. The van der Waals surface area contributed by atoms with Gasteiger partial charge in [0.15, 0.2) is 6.29 Å². The van der Waals surface area contributed by atoms with Gasteiger partial charge in [-0.1, -0.05) is 55.0 Å². The molecule has 3 aliphatic rings. The van der Waals surface area contributed by atoms with Gasteiger partial charge in [-0.2, -0.15) is 0 Å². The van der Waals surface area contributed by atoms with Gasteiger partial charge in [-0.15, -0.1) is 0 Å². The van der Waals surface area contributed by atoms with E-state index in [4.69, 9.17) is 14.7 Å². The average molecular weight is 623 g/mol. The van der Waals surface area contributed by atoms with Gasteiger partial charge in [-0.3, -0.25) is 19.7 Å². The molecule has 10 nitrogen and oxygen atoms in total. The van der Waals surface area contributed by atoms with Crippen LogP contribution in [-0.4, -0.2) is 76.8 Å². The standard InChI is InChI=1S/C35H50N4O6/c40-25-27-12-14-28(15-13-27)32-21-31(24-39-20-6-7-30(39)23-38-18-4-5-19-38)44-35(45-32)29-16-10-26(11-17-29)22-36-33(41)8-2-1-3-9-34(42)37-43/h10-17,30-32,35,40,43H,1-9,18-25H2,(H,36,41)(H,37,42). The van der Waals surface area contributed by atoms with Crippen LogP contribution >= 0.6 is 0 Å². The fraction of sp³-hybridized carbons (Fsp3) is 0.600. The number of ether oxygens (including phenoxy) is 2. The van der Waals surface area contributed by atoms with Crippen LogP contribution < -0.4 is 10.8 Å². The molecule has 2 amide bonds. The minimum absolute atomic E-state index is 0.0197. The maximum atomic E-state index is 12.3. The first-order chi connectivity index (χ1) is 22.0. The Bertz CT molecular complexity index is 1200. The predicted molar refractivity (Wildman–Crippen MR) is 170 cm³/mol. The third-order valence-electron chi connectivity index (χ3n) is 9.39. The molecule has 5 rings (SSSR count). The number of nitrogens with zero attached hydrogens (tertiary/aromatic N) is 2. The smallest absolute Gasteiger partial charge is 0.243 e. The molecule has 0 aliphatic carbocycles. The van der Waals surface area contributed by atoms with Crippen LogP contribution in [0.3, 0.4) is 0 Å². The van der Waals surface area contributed by atoms with E-state index in [9.17, 15) is 14.7 Å². The van der Waals surface area contributed by atoms with Crippen molar-refractivity contribution in [3.8, 4) is 0 Å². The van der Waals surface area contributed by atoms with E-state index in [0.29, 0.717) is 31.8 Å². The molecule has 0 bridgehead atoms. The zero-order chi connectivity index (χ0) is 31.4. The molecule has 3 saturated heterocycles. The number of likely N-dealkylation sites (tertiary alicyclic amines) is 2. The van der Waals surface area contributed by atoms with E-state index in [0.717, 1.165) is 54.7 Å². The molecule has 3 aliphatic heterocycles. The van der Waals surface area contributed by atoms with E-state index in [1.807, 2.05) is 36.4 Å². The largest absolute Gasteiger partial charge is 0.392 e. The molecule has 4 N–H and O–H groups in total. The molecule has 0 spiro atoms. The monoisotopic (exact) mass is 622 g/mol. The summed E-state index contributed by atoms with van der Waals surface area (Å²) in [6.45, 7) is 6.06. The van der Waals surface area contributed by atoms with Crippen molar-refractivity contribution in [3.05, 3.63) is 70.8 Å². The van der Waals surface area contributed by atoms with Crippen molar-refractivity contribution in [3.63, 3.8) is 0 Å². The van der Waals surface area contributed by atoms with Crippen LogP contribution in [0.15, 0.2) is 48.5 Å². The molecule has 45 heavy (non-hydrogen) atoms. The second-order valence-electron chi connectivity index (χ2n) is 12.8. The molecule has 0 saturated carbocycles. The van der Waals surface area contributed by atoms with Crippen molar-refractivity contribution >= 4 is 11.8 Å². The first-order valence-electron chi connectivity index (χ1n) is 16.8. The highest BCUT2D eigenvalue weighted by atomic mass is 16.7. The van der Waals surface area contributed by atoms with Crippen LogP contribution in [0, 0.1) is 0 Å². The number of aliphatic hydroxyl groups is 1. The van der Waals surface area contributed by atoms with Crippen LogP contribution in [0.1, 0.15) is 98.9 Å². The molecule has 4 atom stereocenters. The number of rotatable bonds is 15. The lowest BCUT2D eigenvalue weighted by Crippen LogP contribution is -2.45. The number of unbranched alkanes of at least 4 members (excludes halogenated alkanes) is 2.